The summed E-state index contributed by atoms with van der Waals surface area (Å²) in [6.07, 6.45) is 6.81. The van der Waals surface area contributed by atoms with Gasteiger partial charge in [0.2, 0.25) is 5.91 Å². The van der Waals surface area contributed by atoms with E-state index in [9.17, 15) is 4.79 Å². The van der Waals surface area contributed by atoms with Gasteiger partial charge >= 0.3 is 0 Å². The quantitative estimate of drug-likeness (QED) is 0.839. The monoisotopic (exact) mass is 319 g/mol. The van der Waals surface area contributed by atoms with Crippen LogP contribution in [0.4, 0.5) is 0 Å². The van der Waals surface area contributed by atoms with Crippen molar-refractivity contribution in [3.63, 3.8) is 0 Å². The second-order valence-corrected chi connectivity index (χ2v) is 6.27. The van der Waals surface area contributed by atoms with Crippen molar-refractivity contribution in [3.8, 4) is 0 Å². The highest BCUT2D eigenvalue weighted by atomic mass is 16.5. The largest absolute Gasteiger partial charge is 0.381 e. The van der Waals surface area contributed by atoms with E-state index in [0.717, 1.165) is 37.1 Å². The molecule has 0 bridgehead atoms. The predicted molar refractivity (Wildman–Crippen MR) is 85.0 cm³/mol. The van der Waals surface area contributed by atoms with Gasteiger partial charge in [-0.3, -0.25) is 14.8 Å². The molecular formula is C17H25N3O3. The van der Waals surface area contributed by atoms with Crippen LogP contribution in [-0.2, 0) is 20.7 Å². The second kappa shape index (κ2) is 7.84. The van der Waals surface area contributed by atoms with Gasteiger partial charge in [-0.1, -0.05) is 0 Å². The lowest BCUT2D eigenvalue weighted by molar-refractivity contribution is -0.147. The van der Waals surface area contributed by atoms with Crippen molar-refractivity contribution in [3.05, 3.63) is 23.8 Å². The molecule has 0 radical (unpaired) electrons. The van der Waals surface area contributed by atoms with E-state index >= 15 is 0 Å². The molecule has 0 saturated carbocycles. The van der Waals surface area contributed by atoms with Crippen molar-refractivity contribution in [1.29, 1.82) is 0 Å². The Labute approximate surface area is 137 Å². The maximum Gasteiger partial charge on any atom is 0.226 e. The standard InChI is InChI=1S/C17H25N3O3/c1-13-16(19-7-6-18-13)3-2-15-12-23-11-8-20(15)17(21)14-4-9-22-10-5-14/h6-7,14-15H,2-5,8-12H2,1H3/t15-/m1/s1. The molecule has 3 heterocycles. The summed E-state index contributed by atoms with van der Waals surface area (Å²) in [5.41, 5.74) is 1.98. The van der Waals surface area contributed by atoms with Gasteiger partial charge in [0.25, 0.3) is 0 Å². The molecule has 126 valence electrons. The molecule has 2 saturated heterocycles. The molecule has 6 nitrogen and oxygen atoms in total. The number of ether oxygens (including phenoxy) is 2. The van der Waals surface area contributed by atoms with Gasteiger partial charge in [0.15, 0.2) is 0 Å². The molecule has 0 aromatic carbocycles. The number of aromatic nitrogens is 2. The first kappa shape index (κ1) is 16.3. The van der Waals surface area contributed by atoms with Gasteiger partial charge in [0.1, 0.15) is 0 Å². The van der Waals surface area contributed by atoms with E-state index in [4.69, 9.17) is 9.47 Å². The molecule has 1 aromatic heterocycles. The van der Waals surface area contributed by atoms with Crippen LogP contribution < -0.4 is 0 Å². The van der Waals surface area contributed by atoms with Crippen LogP contribution in [0.3, 0.4) is 0 Å². The number of hydrogen-bond donors (Lipinski definition) is 0. The Bertz CT molecular complexity index is 532. The minimum Gasteiger partial charge on any atom is -0.381 e. The number of hydrogen-bond acceptors (Lipinski definition) is 5. The molecule has 1 amide bonds. The predicted octanol–water partition coefficient (Wildman–Crippen LogP) is 1.37. The van der Waals surface area contributed by atoms with Crippen LogP contribution in [0, 0.1) is 12.8 Å². The maximum absolute atomic E-state index is 12.8. The zero-order chi connectivity index (χ0) is 16.1. The van der Waals surface area contributed by atoms with Gasteiger partial charge in [-0.15, -0.1) is 0 Å². The van der Waals surface area contributed by atoms with E-state index in [1.807, 2.05) is 11.8 Å². The van der Waals surface area contributed by atoms with E-state index in [1.54, 1.807) is 12.4 Å². The van der Waals surface area contributed by atoms with Gasteiger partial charge < -0.3 is 14.4 Å². The third-order valence-corrected chi connectivity index (χ3v) is 4.78. The van der Waals surface area contributed by atoms with Crippen LogP contribution >= 0.6 is 0 Å². The number of carbonyl (C=O) groups excluding carboxylic acids is 1. The topological polar surface area (TPSA) is 64.6 Å². The summed E-state index contributed by atoms with van der Waals surface area (Å²) in [7, 11) is 0. The molecule has 1 atom stereocenters. The van der Waals surface area contributed by atoms with Crippen LogP contribution in [0.1, 0.15) is 30.7 Å². The molecular weight excluding hydrogens is 294 g/mol. The van der Waals surface area contributed by atoms with Gasteiger partial charge in [0.05, 0.1) is 30.6 Å². The highest BCUT2D eigenvalue weighted by Crippen LogP contribution is 2.22. The third kappa shape index (κ3) is 4.06. The Kier molecular flexibility index (Phi) is 5.56. The van der Waals surface area contributed by atoms with E-state index < -0.39 is 0 Å². The average Bonchev–Trinajstić information content (AvgIpc) is 2.61. The van der Waals surface area contributed by atoms with Crippen LogP contribution in [-0.4, -0.2) is 59.8 Å². The number of amides is 1. The summed E-state index contributed by atoms with van der Waals surface area (Å²) >= 11 is 0. The van der Waals surface area contributed by atoms with Crippen LogP contribution in [0.25, 0.3) is 0 Å². The average molecular weight is 319 g/mol. The fourth-order valence-corrected chi connectivity index (χ4v) is 3.35. The normalized spacial score (nSPS) is 23.0. The van der Waals surface area contributed by atoms with Crippen LogP contribution in [0.5, 0.6) is 0 Å². The first-order valence-electron chi connectivity index (χ1n) is 8.48. The summed E-state index contributed by atoms with van der Waals surface area (Å²) in [5, 5.41) is 0. The van der Waals surface area contributed by atoms with Gasteiger partial charge in [-0.2, -0.15) is 0 Å². The number of aryl methyl sites for hydroxylation is 2. The van der Waals surface area contributed by atoms with Gasteiger partial charge in [0, 0.05) is 38.1 Å². The maximum atomic E-state index is 12.8. The van der Waals surface area contributed by atoms with Crippen molar-refractivity contribution >= 4 is 5.91 Å². The fourth-order valence-electron chi connectivity index (χ4n) is 3.35. The van der Waals surface area contributed by atoms with Gasteiger partial charge in [-0.25, -0.2) is 0 Å². The molecule has 2 aliphatic heterocycles. The van der Waals surface area contributed by atoms with E-state index in [0.29, 0.717) is 33.0 Å². The highest BCUT2D eigenvalue weighted by Gasteiger charge is 2.32. The van der Waals surface area contributed by atoms with Crippen molar-refractivity contribution in [2.24, 2.45) is 5.92 Å². The molecule has 6 heteroatoms. The Morgan fingerprint density at radius 3 is 2.78 bits per heavy atom. The lowest BCUT2D eigenvalue weighted by Gasteiger charge is -2.38. The summed E-state index contributed by atoms with van der Waals surface area (Å²) in [6, 6.07) is 0.139. The van der Waals surface area contributed by atoms with Gasteiger partial charge in [-0.05, 0) is 32.6 Å². The molecule has 2 aliphatic rings. The Morgan fingerprint density at radius 2 is 2.00 bits per heavy atom. The zero-order valence-electron chi connectivity index (χ0n) is 13.7. The first-order chi connectivity index (χ1) is 11.3. The number of carbonyl (C=O) groups is 1. The van der Waals surface area contributed by atoms with E-state index in [-0.39, 0.29) is 17.9 Å². The molecule has 0 aliphatic carbocycles. The van der Waals surface area contributed by atoms with Crippen LogP contribution in [0.2, 0.25) is 0 Å². The lowest BCUT2D eigenvalue weighted by Crippen LogP contribution is -2.51. The van der Waals surface area contributed by atoms with E-state index in [2.05, 4.69) is 9.97 Å². The summed E-state index contributed by atoms with van der Waals surface area (Å²) < 4.78 is 11.0. The Hall–Kier alpha value is -1.53. The second-order valence-electron chi connectivity index (χ2n) is 6.27. The third-order valence-electron chi connectivity index (χ3n) is 4.78. The summed E-state index contributed by atoms with van der Waals surface area (Å²) in [4.78, 5) is 23.5. The Morgan fingerprint density at radius 1 is 1.22 bits per heavy atom. The van der Waals surface area contributed by atoms with Crippen molar-refractivity contribution in [2.45, 2.75) is 38.6 Å². The molecule has 0 spiro atoms. The Balaban J connectivity index is 1.61. The molecule has 0 unspecified atom stereocenters. The number of rotatable bonds is 4. The van der Waals surface area contributed by atoms with Crippen molar-refractivity contribution in [2.75, 3.05) is 33.0 Å². The number of morpholine rings is 1. The zero-order valence-corrected chi connectivity index (χ0v) is 13.7. The molecule has 23 heavy (non-hydrogen) atoms. The molecule has 0 N–H and O–H groups in total. The molecule has 3 rings (SSSR count). The molecule has 1 aromatic rings. The first-order valence-corrected chi connectivity index (χ1v) is 8.48. The minimum atomic E-state index is 0.114. The smallest absolute Gasteiger partial charge is 0.226 e. The highest BCUT2D eigenvalue weighted by molar-refractivity contribution is 5.79. The number of nitrogens with zero attached hydrogens (tertiary/aromatic N) is 3. The summed E-state index contributed by atoms with van der Waals surface area (Å²) in [5.74, 6) is 0.389. The molecule has 2 fully saturated rings. The minimum absolute atomic E-state index is 0.114. The SMILES string of the molecule is Cc1nccnc1CC[C@@H]1COCCN1C(=O)C1CCOCC1. The van der Waals surface area contributed by atoms with Crippen molar-refractivity contribution in [1.82, 2.24) is 14.9 Å². The lowest BCUT2D eigenvalue weighted by atomic mass is 9.96. The summed E-state index contributed by atoms with van der Waals surface area (Å²) in [6.45, 7) is 5.32. The van der Waals surface area contributed by atoms with E-state index in [1.165, 1.54) is 0 Å². The van der Waals surface area contributed by atoms with Crippen LogP contribution in [0.15, 0.2) is 12.4 Å². The fraction of sp³-hybridized carbons (Fsp3) is 0.706. The van der Waals surface area contributed by atoms with Crippen molar-refractivity contribution < 1.29 is 14.3 Å².